The van der Waals surface area contributed by atoms with E-state index in [1.165, 1.54) is 17.4 Å². The first-order valence-corrected chi connectivity index (χ1v) is 12.9. The normalized spacial score (nSPS) is 12.6. The minimum Gasteiger partial charge on any atom is -0.492 e. The lowest BCUT2D eigenvalue weighted by Gasteiger charge is -2.22. The number of hydrogen-bond acceptors (Lipinski definition) is 5. The first-order valence-electron chi connectivity index (χ1n) is 12.9. The van der Waals surface area contributed by atoms with E-state index in [0.29, 0.717) is 19.8 Å². The highest BCUT2D eigenvalue weighted by molar-refractivity contribution is 6.00. The van der Waals surface area contributed by atoms with Crippen molar-refractivity contribution in [3.05, 3.63) is 95.1 Å². The summed E-state index contributed by atoms with van der Waals surface area (Å²) < 4.78 is 11.6. The number of anilines is 1. The van der Waals surface area contributed by atoms with Crippen LogP contribution in [0.1, 0.15) is 62.3 Å². The second kappa shape index (κ2) is 14.2. The Bertz CT molecular complexity index is 1120. The summed E-state index contributed by atoms with van der Waals surface area (Å²) in [7, 11) is 0. The number of nitrogens with two attached hydrogens (primary N) is 1. The largest absolute Gasteiger partial charge is 0.492 e. The molecule has 0 saturated carbocycles. The van der Waals surface area contributed by atoms with E-state index in [1.807, 2.05) is 25.1 Å². The van der Waals surface area contributed by atoms with Crippen LogP contribution in [-0.2, 0) is 4.74 Å². The van der Waals surface area contributed by atoms with Crippen LogP contribution in [0.2, 0.25) is 0 Å². The molecule has 3 rings (SSSR count). The molecule has 1 unspecified atom stereocenters. The Morgan fingerprint density at radius 2 is 1.67 bits per heavy atom. The van der Waals surface area contributed by atoms with Crippen molar-refractivity contribution in [2.45, 2.75) is 46.3 Å². The van der Waals surface area contributed by atoms with Gasteiger partial charge in [-0.15, -0.1) is 0 Å². The zero-order chi connectivity index (χ0) is 25.8. The zero-order valence-corrected chi connectivity index (χ0v) is 21.7. The molecule has 190 valence electrons. The third-order valence-corrected chi connectivity index (χ3v) is 6.04. The van der Waals surface area contributed by atoms with Crippen LogP contribution in [0.15, 0.2) is 72.8 Å². The quantitative estimate of drug-likeness (QED) is 0.131. The van der Waals surface area contributed by atoms with Gasteiger partial charge in [0.05, 0.1) is 0 Å². The van der Waals surface area contributed by atoms with Crippen molar-refractivity contribution in [2.75, 3.05) is 25.1 Å². The van der Waals surface area contributed by atoms with Crippen LogP contribution < -0.4 is 15.8 Å². The second-order valence-electron chi connectivity index (χ2n) is 8.56. The summed E-state index contributed by atoms with van der Waals surface area (Å²) in [6.45, 7) is 7.95. The number of nitrogens with one attached hydrogen (secondary N) is 2. The van der Waals surface area contributed by atoms with E-state index >= 15 is 0 Å². The molecule has 0 amide bonds. The van der Waals surface area contributed by atoms with Crippen molar-refractivity contribution in [1.29, 1.82) is 5.41 Å². The third kappa shape index (κ3) is 7.06. The Morgan fingerprint density at radius 1 is 0.944 bits per heavy atom. The summed E-state index contributed by atoms with van der Waals surface area (Å²) in [5, 5.41) is 11.6. The topological polar surface area (TPSA) is 80.4 Å². The van der Waals surface area contributed by atoms with Gasteiger partial charge in [-0.25, -0.2) is 0 Å². The molecule has 0 saturated heterocycles. The Morgan fingerprint density at radius 3 is 2.28 bits per heavy atom. The Hall–Kier alpha value is -3.41. The predicted molar refractivity (Wildman–Crippen MR) is 152 cm³/mol. The Balaban J connectivity index is 2.11. The van der Waals surface area contributed by atoms with Crippen molar-refractivity contribution < 1.29 is 9.47 Å². The van der Waals surface area contributed by atoms with Crippen molar-refractivity contribution in [3.63, 3.8) is 0 Å². The molecule has 0 aliphatic rings. The molecule has 0 fully saturated rings. The highest BCUT2D eigenvalue weighted by Gasteiger charge is 2.16. The molecule has 0 bridgehead atoms. The average molecular weight is 486 g/mol. The van der Waals surface area contributed by atoms with Crippen LogP contribution in [0.3, 0.4) is 0 Å². The lowest BCUT2D eigenvalue weighted by molar-refractivity contribution is 0.0762. The van der Waals surface area contributed by atoms with Crippen molar-refractivity contribution in [1.82, 2.24) is 0 Å². The van der Waals surface area contributed by atoms with Crippen LogP contribution in [0.25, 0.3) is 11.1 Å². The molecule has 0 aromatic heterocycles. The van der Waals surface area contributed by atoms with E-state index in [4.69, 9.17) is 20.6 Å². The van der Waals surface area contributed by atoms with Crippen LogP contribution in [-0.4, -0.2) is 32.2 Å². The van der Waals surface area contributed by atoms with Crippen molar-refractivity contribution in [2.24, 2.45) is 5.73 Å². The van der Waals surface area contributed by atoms with Gasteiger partial charge in [-0.3, -0.25) is 0 Å². The minimum absolute atomic E-state index is 0.0730. The van der Waals surface area contributed by atoms with Crippen LogP contribution >= 0.6 is 0 Å². The molecule has 1 atom stereocenters. The summed E-state index contributed by atoms with van der Waals surface area (Å²) in [5.41, 5.74) is 13.1. The molecule has 0 aliphatic heterocycles. The lowest BCUT2D eigenvalue weighted by atomic mass is 9.87. The monoisotopic (exact) mass is 485 g/mol. The van der Waals surface area contributed by atoms with Gasteiger partial charge >= 0.3 is 0 Å². The fraction of sp³-hybridized carbons (Fsp3) is 0.323. The maximum absolute atomic E-state index is 8.14. The minimum atomic E-state index is -0.0730. The van der Waals surface area contributed by atoms with Crippen molar-refractivity contribution in [3.8, 4) is 5.75 Å². The molecule has 5 nitrogen and oxygen atoms in total. The summed E-state index contributed by atoms with van der Waals surface area (Å²) >= 11 is 0. The Kier molecular flexibility index (Phi) is 10.7. The third-order valence-electron chi connectivity index (χ3n) is 6.04. The van der Waals surface area contributed by atoms with E-state index < -0.39 is 0 Å². The van der Waals surface area contributed by atoms with E-state index in [9.17, 15) is 0 Å². The summed E-state index contributed by atoms with van der Waals surface area (Å²) in [5.74, 6) is 0.805. The molecule has 0 radical (unpaired) electrons. The highest BCUT2D eigenvalue weighted by atomic mass is 16.5. The van der Waals surface area contributed by atoms with Gasteiger partial charge < -0.3 is 25.9 Å². The number of allylic oxidation sites excluding steroid dienone is 1. The standard InChI is InChI=1S/C31H39N3O2/c1-4-10-30(35-6-3)34-29-18-15-25(21-26(29)22-33)31(28(5-2)23-11-8-7-9-12-23)24-13-16-27(17-14-24)36-20-19-32/h7-9,11-18,21-22,30,33-34H,4-6,10,19-20,32H2,1-3H3/b31-28+,33-22?. The van der Waals surface area contributed by atoms with Crippen LogP contribution in [0.4, 0.5) is 5.69 Å². The summed E-state index contributed by atoms with van der Waals surface area (Å²) in [6, 6.07) is 25.0. The van der Waals surface area contributed by atoms with Gasteiger partial charge in [0.1, 0.15) is 18.6 Å². The van der Waals surface area contributed by atoms with Gasteiger partial charge in [0.15, 0.2) is 0 Å². The summed E-state index contributed by atoms with van der Waals surface area (Å²) in [6.07, 6.45) is 4.13. The van der Waals surface area contributed by atoms with Gasteiger partial charge in [-0.05, 0) is 71.9 Å². The maximum Gasteiger partial charge on any atom is 0.127 e. The first-order chi connectivity index (χ1) is 17.6. The van der Waals surface area contributed by atoms with Gasteiger partial charge in [-0.1, -0.05) is 68.8 Å². The van der Waals surface area contributed by atoms with E-state index in [1.54, 1.807) is 0 Å². The fourth-order valence-corrected chi connectivity index (χ4v) is 4.38. The van der Waals surface area contributed by atoms with Crippen molar-refractivity contribution >= 4 is 23.0 Å². The van der Waals surface area contributed by atoms with E-state index in [2.05, 4.69) is 73.8 Å². The molecule has 3 aromatic carbocycles. The van der Waals surface area contributed by atoms with Gasteiger partial charge in [0.25, 0.3) is 0 Å². The van der Waals surface area contributed by atoms with Gasteiger partial charge in [-0.2, -0.15) is 0 Å². The fourth-order valence-electron chi connectivity index (χ4n) is 4.38. The van der Waals surface area contributed by atoms with E-state index in [-0.39, 0.29) is 6.23 Å². The molecule has 5 heteroatoms. The van der Waals surface area contributed by atoms with Crippen LogP contribution in [0.5, 0.6) is 5.75 Å². The number of benzene rings is 3. The molecule has 4 N–H and O–H groups in total. The van der Waals surface area contributed by atoms with Gasteiger partial charge in [0.2, 0.25) is 0 Å². The molecular formula is C31H39N3O2. The number of rotatable bonds is 14. The number of hydrogen-bond donors (Lipinski definition) is 3. The molecule has 0 heterocycles. The highest BCUT2D eigenvalue weighted by Crippen LogP contribution is 2.36. The molecule has 3 aromatic rings. The van der Waals surface area contributed by atoms with Gasteiger partial charge in [0, 0.05) is 30.6 Å². The van der Waals surface area contributed by atoms with E-state index in [0.717, 1.165) is 53.0 Å². The molecule has 36 heavy (non-hydrogen) atoms. The maximum atomic E-state index is 8.14. The first kappa shape index (κ1) is 27.2. The number of ether oxygens (including phenoxy) is 2. The van der Waals surface area contributed by atoms with Crippen LogP contribution in [0, 0.1) is 5.41 Å². The Labute approximate surface area is 215 Å². The average Bonchev–Trinajstić information content (AvgIpc) is 2.92. The molecular weight excluding hydrogens is 446 g/mol. The SMILES string of the molecule is CCCC(Nc1ccc(/C(=C(\CC)c2ccccc2)c2ccc(OCCN)cc2)cc1C=N)OCC. The summed E-state index contributed by atoms with van der Waals surface area (Å²) in [4.78, 5) is 0. The predicted octanol–water partition coefficient (Wildman–Crippen LogP) is 6.97. The lowest BCUT2D eigenvalue weighted by Crippen LogP contribution is -2.23. The zero-order valence-electron chi connectivity index (χ0n) is 21.7. The molecule has 0 spiro atoms. The smallest absolute Gasteiger partial charge is 0.127 e. The second-order valence-corrected chi connectivity index (χ2v) is 8.56. The molecule has 0 aliphatic carbocycles.